The zero-order valence-corrected chi connectivity index (χ0v) is 55.8. The van der Waals surface area contributed by atoms with Crippen LogP contribution >= 0.6 is 0 Å². The number of tetrazole rings is 2. The van der Waals surface area contributed by atoms with E-state index in [9.17, 15) is 19.5 Å². The first-order valence-electron chi connectivity index (χ1n) is 33.1. The molecule has 27 nitrogen and oxygen atoms in total. The van der Waals surface area contributed by atoms with Crippen LogP contribution in [0.4, 0.5) is 11.4 Å². The summed E-state index contributed by atoms with van der Waals surface area (Å²) in [6.07, 6.45) is 23.1. The van der Waals surface area contributed by atoms with Gasteiger partial charge in [0.05, 0.1) is 88.8 Å². The largest absolute Gasteiger partial charge is 0.488 e. The number of nitrogens with zero attached hydrogens (tertiary/aromatic N) is 17. The quantitative estimate of drug-likeness (QED) is 0.0617. The third kappa shape index (κ3) is 13.3. The van der Waals surface area contributed by atoms with E-state index in [1.807, 2.05) is 80.8 Å². The Morgan fingerprint density at radius 1 is 0.530 bits per heavy atom. The van der Waals surface area contributed by atoms with Gasteiger partial charge in [-0.25, -0.2) is 34.1 Å². The summed E-state index contributed by atoms with van der Waals surface area (Å²) in [5.41, 5.74) is 8.49. The van der Waals surface area contributed by atoms with Crippen molar-refractivity contribution in [2.75, 3.05) is 37.1 Å². The molecule has 504 valence electrons. The molecule has 4 N–H and O–H groups in total. The molecule has 0 bridgehead atoms. The molecule has 2 aliphatic heterocycles. The summed E-state index contributed by atoms with van der Waals surface area (Å²) in [6, 6.07) is 41.7. The second-order valence-electron chi connectivity index (χ2n) is 26.2. The summed E-state index contributed by atoms with van der Waals surface area (Å²) in [5, 5.41) is 51.3. The predicted octanol–water partition coefficient (Wildman–Crippen LogP) is 9.38. The number of fused-ring (bicyclic) bond motifs is 6. The van der Waals surface area contributed by atoms with Gasteiger partial charge in [-0.15, -0.1) is 10.2 Å². The zero-order chi connectivity index (χ0) is 68.5. The maximum absolute atomic E-state index is 13.6. The first-order chi connectivity index (χ1) is 48.8. The molecule has 3 fully saturated rings. The maximum Gasteiger partial charge on any atom is 0.354 e. The van der Waals surface area contributed by atoms with Gasteiger partial charge in [-0.1, -0.05) is 93.6 Å². The number of aliphatic hydroxyl groups excluding tert-OH is 1. The zero-order valence-electron chi connectivity index (χ0n) is 54.8. The lowest BCUT2D eigenvalue weighted by Gasteiger charge is -2.43. The van der Waals surface area contributed by atoms with Crippen LogP contribution in [0.25, 0.3) is 39.8 Å². The number of hydrogen-bond acceptors (Lipinski definition) is 19. The SMILES string of the molecule is CC(C)(C)[Si](OC[C@@H]1COc2c(NC(=O)c3cc(-n4cnc(C5CC5)c4)ccn3)cccc2-c2nnnn21)(c1ccccc1)c1ccccc1.O=C(Nc1cccc2c1OC[C@@H](CO)n1nnnc1-2)c1cc(-n2cnc(C3CC3)c2)ccn1.O=C(O)c1cc(-n2cnc(C3CC3)c2)ccn1. The molecule has 4 aromatic carbocycles. The van der Waals surface area contributed by atoms with Gasteiger partial charge in [0.25, 0.3) is 20.1 Å². The number of carbonyl (C=O) groups is 3. The molecule has 0 saturated heterocycles. The molecule has 28 heteroatoms. The minimum Gasteiger partial charge on any atom is -0.488 e. The van der Waals surface area contributed by atoms with E-state index < -0.39 is 20.3 Å². The van der Waals surface area contributed by atoms with Crippen molar-refractivity contribution in [1.82, 2.24) is 84.0 Å². The van der Waals surface area contributed by atoms with Crippen molar-refractivity contribution in [2.24, 2.45) is 0 Å². The molecular weight excluding hydrogens is 1290 g/mol. The molecule has 0 unspecified atom stereocenters. The number of anilines is 2. The first-order valence-corrected chi connectivity index (χ1v) is 35.0. The third-order valence-corrected chi connectivity index (χ3v) is 23.3. The Bertz CT molecular complexity index is 4920. The number of pyridine rings is 3. The first kappa shape index (κ1) is 64.3. The Morgan fingerprint density at radius 2 is 0.940 bits per heavy atom. The average molecular weight is 1360 g/mol. The molecule has 2 atom stereocenters. The van der Waals surface area contributed by atoms with Crippen molar-refractivity contribution < 1.29 is 38.5 Å². The fourth-order valence-electron chi connectivity index (χ4n) is 12.6. The Morgan fingerprint density at radius 3 is 1.35 bits per heavy atom. The van der Waals surface area contributed by atoms with Gasteiger partial charge < -0.3 is 48.4 Å². The van der Waals surface area contributed by atoms with Gasteiger partial charge in [-0.05, 0) is 135 Å². The van der Waals surface area contributed by atoms with Crippen LogP contribution in [0.2, 0.25) is 5.04 Å². The Balaban J connectivity index is 0.000000138. The Kier molecular flexibility index (Phi) is 17.5. The van der Waals surface area contributed by atoms with E-state index in [2.05, 4.69) is 141 Å². The van der Waals surface area contributed by atoms with Gasteiger partial charge in [-0.3, -0.25) is 19.6 Å². The van der Waals surface area contributed by atoms with Crippen LogP contribution in [0.15, 0.2) is 190 Å². The second kappa shape index (κ2) is 27.3. The maximum atomic E-state index is 13.6. The van der Waals surface area contributed by atoms with E-state index in [-0.39, 0.29) is 59.8 Å². The lowest BCUT2D eigenvalue weighted by atomic mass is 10.1. The van der Waals surface area contributed by atoms with Crippen LogP contribution in [0.3, 0.4) is 0 Å². The summed E-state index contributed by atoms with van der Waals surface area (Å²) in [4.78, 5) is 63.2. The summed E-state index contributed by atoms with van der Waals surface area (Å²) < 4.78 is 28.7. The lowest BCUT2D eigenvalue weighted by Crippen LogP contribution is -2.67. The van der Waals surface area contributed by atoms with E-state index in [1.54, 1.807) is 72.5 Å². The number of para-hydroxylation sites is 2. The fourth-order valence-corrected chi connectivity index (χ4v) is 17.2. The summed E-state index contributed by atoms with van der Waals surface area (Å²) in [7, 11) is -2.84. The number of carboxylic acid groups (broad SMARTS) is 1. The average Bonchev–Trinajstić information content (AvgIpc) is 0.776. The normalized spacial score (nSPS) is 16.0. The Hall–Kier alpha value is -11.8. The van der Waals surface area contributed by atoms with Gasteiger partial charge >= 0.3 is 5.97 Å². The standard InChI is InChI=1S/C38H38N8O3Si.C22H20N8O3.C12H11N3O2/c1-38(2,3)50(29-11-6-4-7-12-29,30-13-8-5-9-14-30)49-24-28-23-48-35-31(36-42-43-44-46(28)36)15-10-16-32(35)41-37(47)33-21-27(19-20-39-33)45-22-34(40-25-45)26-17-18-26;31-10-15-11-33-20-16(21-26-27-28-30(15)21)2-1-3-17(20)25-22(32)18-8-14(6-7-23-18)29-9-19(24-12-29)13-4-5-13;16-12(17)10-5-9(3-4-13-10)15-6-11(14-7-15)8-1-2-8/h4-16,19-22,25-26,28H,17-18,23-24H2,1-3H3,(H,41,47);1-3,6-9,12-13,15,31H,4-5,10-11H2,(H,25,32);3-8H,1-2H2,(H,16,17)/t28-;15-;/m01./s1. The highest BCUT2D eigenvalue weighted by Gasteiger charge is 2.51. The number of ether oxygens (including phenoxy) is 2. The molecule has 12 aromatic rings. The van der Waals surface area contributed by atoms with Crippen molar-refractivity contribution >= 4 is 47.8 Å². The number of hydrogen-bond donors (Lipinski definition) is 4. The number of aromatic carboxylic acids is 1. The molecule has 0 radical (unpaired) electrons. The molecule has 8 aromatic heterocycles. The molecule has 0 spiro atoms. The number of amides is 2. The number of nitrogens with one attached hydrogen (secondary N) is 2. The van der Waals surface area contributed by atoms with Crippen LogP contribution in [0, 0.1) is 0 Å². The van der Waals surface area contributed by atoms with Crippen molar-refractivity contribution in [3.8, 4) is 51.3 Å². The summed E-state index contributed by atoms with van der Waals surface area (Å²) >= 11 is 0. The molecule has 2 amide bonds. The number of aliphatic hydroxyl groups is 1. The van der Waals surface area contributed by atoms with Crippen LogP contribution in [-0.2, 0) is 4.43 Å². The summed E-state index contributed by atoms with van der Waals surface area (Å²) in [6.45, 7) is 7.28. The van der Waals surface area contributed by atoms with Gasteiger partial charge in [-0.2, -0.15) is 0 Å². The van der Waals surface area contributed by atoms with Crippen LogP contribution in [0.1, 0.15) is 138 Å². The van der Waals surface area contributed by atoms with Crippen LogP contribution in [-0.4, -0.2) is 147 Å². The minimum atomic E-state index is -2.84. The highest BCUT2D eigenvalue weighted by Crippen LogP contribution is 2.44. The van der Waals surface area contributed by atoms with Gasteiger partial charge in [0.2, 0.25) is 0 Å². The lowest BCUT2D eigenvalue weighted by molar-refractivity contribution is 0.0690. The van der Waals surface area contributed by atoms with Gasteiger partial charge in [0.15, 0.2) is 23.1 Å². The molecule has 5 aliphatic rings. The number of carboxylic acids is 1. The van der Waals surface area contributed by atoms with Crippen molar-refractivity contribution in [1.29, 1.82) is 0 Å². The van der Waals surface area contributed by atoms with Gasteiger partial charge in [0.1, 0.15) is 42.4 Å². The van der Waals surface area contributed by atoms with Crippen molar-refractivity contribution in [2.45, 2.75) is 94.2 Å². The Labute approximate surface area is 574 Å². The van der Waals surface area contributed by atoms with E-state index in [1.165, 1.54) is 59.8 Å². The molecule has 10 heterocycles. The highest BCUT2D eigenvalue weighted by molar-refractivity contribution is 6.99. The van der Waals surface area contributed by atoms with Crippen LogP contribution in [0.5, 0.6) is 11.5 Å². The molecule has 17 rings (SSSR count). The molecular formula is C72H69N19O8Si. The highest BCUT2D eigenvalue weighted by atomic mass is 28.4. The van der Waals surface area contributed by atoms with Crippen molar-refractivity contribution in [3.05, 3.63) is 224 Å². The summed E-state index contributed by atoms with van der Waals surface area (Å²) in [5.74, 6) is 1.86. The molecule has 3 saturated carbocycles. The van der Waals surface area contributed by atoms with E-state index in [0.29, 0.717) is 70.0 Å². The fraction of sp³-hybridized carbons (Fsp3) is 0.264. The third-order valence-electron chi connectivity index (χ3n) is 18.2. The second-order valence-corrected chi connectivity index (χ2v) is 30.5. The monoisotopic (exact) mass is 1360 g/mol. The predicted molar refractivity (Wildman–Crippen MR) is 369 cm³/mol. The van der Waals surface area contributed by atoms with E-state index in [4.69, 9.17) is 19.0 Å². The number of aromatic nitrogens is 17. The topological polar surface area (TPSA) is 323 Å². The molecule has 3 aliphatic carbocycles. The van der Waals surface area contributed by atoms with Crippen LogP contribution < -0.4 is 30.5 Å². The van der Waals surface area contributed by atoms with Crippen molar-refractivity contribution in [3.63, 3.8) is 0 Å². The van der Waals surface area contributed by atoms with E-state index in [0.717, 1.165) is 34.1 Å². The number of rotatable bonds is 17. The number of benzene rings is 4. The number of imidazole rings is 3. The molecule has 100 heavy (non-hydrogen) atoms. The van der Waals surface area contributed by atoms with E-state index >= 15 is 0 Å². The minimum absolute atomic E-state index is 0.0455. The number of carbonyl (C=O) groups excluding carboxylic acids is 2. The smallest absolute Gasteiger partial charge is 0.354 e. The van der Waals surface area contributed by atoms with Gasteiger partial charge in [0, 0.05) is 54.9 Å².